The molecule has 1 N–H and O–H groups in total. The number of hydrogen-bond acceptors (Lipinski definition) is 3. The van der Waals surface area contributed by atoms with Crippen molar-refractivity contribution in [3.05, 3.63) is 21.6 Å². The number of halogens is 1. The van der Waals surface area contributed by atoms with Gasteiger partial charge >= 0.3 is 0 Å². The van der Waals surface area contributed by atoms with Crippen LogP contribution in [-0.2, 0) is 6.54 Å². The largest absolute Gasteiger partial charge is 0.381 e. The molecule has 0 saturated heterocycles. The predicted molar refractivity (Wildman–Crippen MR) is 74.9 cm³/mol. The van der Waals surface area contributed by atoms with Crippen molar-refractivity contribution < 1.29 is 0 Å². The van der Waals surface area contributed by atoms with E-state index in [2.05, 4.69) is 22.3 Å². The van der Waals surface area contributed by atoms with Gasteiger partial charge in [-0.15, -0.1) is 11.8 Å². The van der Waals surface area contributed by atoms with Gasteiger partial charge in [-0.05, 0) is 12.8 Å². The van der Waals surface area contributed by atoms with E-state index in [4.69, 9.17) is 11.6 Å². The molecule has 5 heteroatoms. The molecule has 4 nitrogen and oxygen atoms in total. The highest BCUT2D eigenvalue weighted by Gasteiger charge is 2.09. The van der Waals surface area contributed by atoms with E-state index in [-0.39, 0.29) is 10.6 Å². The van der Waals surface area contributed by atoms with Crippen LogP contribution in [0.2, 0.25) is 5.02 Å². The van der Waals surface area contributed by atoms with Crippen LogP contribution in [0.4, 0.5) is 5.69 Å². The smallest absolute Gasteiger partial charge is 0.287 e. The Labute approximate surface area is 112 Å². The van der Waals surface area contributed by atoms with E-state index < -0.39 is 0 Å². The van der Waals surface area contributed by atoms with E-state index in [9.17, 15) is 4.79 Å². The SMILES string of the molecule is CC#CCCNc1cnn(CC(C)C)c(=O)c1Cl. The zero-order valence-corrected chi connectivity index (χ0v) is 11.7. The van der Waals surface area contributed by atoms with Gasteiger partial charge in [0.05, 0.1) is 11.9 Å². The molecule has 1 aromatic heterocycles. The molecule has 0 spiro atoms. The van der Waals surface area contributed by atoms with Crippen LogP contribution in [0.3, 0.4) is 0 Å². The van der Waals surface area contributed by atoms with Crippen LogP contribution in [0.25, 0.3) is 0 Å². The molecule has 1 rings (SSSR count). The summed E-state index contributed by atoms with van der Waals surface area (Å²) in [5.41, 5.74) is 0.316. The second-order valence-corrected chi connectivity index (χ2v) is 4.73. The summed E-state index contributed by atoms with van der Waals surface area (Å²) in [5.74, 6) is 6.09. The molecule has 0 aliphatic rings. The molecule has 0 saturated carbocycles. The average molecular weight is 268 g/mol. The molecule has 0 aromatic carbocycles. The summed E-state index contributed by atoms with van der Waals surface area (Å²) in [7, 11) is 0. The van der Waals surface area contributed by atoms with E-state index in [1.807, 2.05) is 13.8 Å². The second-order valence-electron chi connectivity index (χ2n) is 4.36. The Kier molecular flexibility index (Phi) is 5.73. The summed E-state index contributed by atoms with van der Waals surface area (Å²) >= 11 is 6.02. The van der Waals surface area contributed by atoms with Gasteiger partial charge in [0.1, 0.15) is 5.02 Å². The van der Waals surface area contributed by atoms with Crippen molar-refractivity contribution in [2.24, 2.45) is 5.92 Å². The third-order valence-corrected chi connectivity index (χ3v) is 2.63. The number of rotatable bonds is 5. The molecular formula is C13H18ClN3O. The first kappa shape index (κ1) is 14.6. The summed E-state index contributed by atoms with van der Waals surface area (Å²) in [4.78, 5) is 11.9. The summed E-state index contributed by atoms with van der Waals surface area (Å²) < 4.78 is 1.39. The molecule has 1 heterocycles. The van der Waals surface area contributed by atoms with E-state index in [0.717, 1.165) is 0 Å². The summed E-state index contributed by atoms with van der Waals surface area (Å²) in [5, 5.41) is 7.35. The van der Waals surface area contributed by atoms with Gasteiger partial charge in [0.25, 0.3) is 5.56 Å². The van der Waals surface area contributed by atoms with Gasteiger partial charge < -0.3 is 5.32 Å². The lowest BCUT2D eigenvalue weighted by molar-refractivity contribution is 0.464. The normalized spacial score (nSPS) is 10.1. The predicted octanol–water partition coefficient (Wildman–Crippen LogP) is 2.38. The second kappa shape index (κ2) is 7.07. The molecule has 0 atom stereocenters. The molecule has 0 bridgehead atoms. The first-order valence-corrected chi connectivity index (χ1v) is 6.33. The number of aromatic nitrogens is 2. The van der Waals surface area contributed by atoms with Crippen LogP contribution in [0.1, 0.15) is 27.2 Å². The van der Waals surface area contributed by atoms with Crippen molar-refractivity contribution in [2.45, 2.75) is 33.7 Å². The number of anilines is 1. The van der Waals surface area contributed by atoms with Crippen molar-refractivity contribution in [3.8, 4) is 11.8 Å². The zero-order chi connectivity index (χ0) is 13.5. The molecule has 0 fully saturated rings. The molecule has 0 aliphatic heterocycles. The molecule has 0 aliphatic carbocycles. The molecule has 1 aromatic rings. The summed E-state index contributed by atoms with van der Waals surface area (Å²) in [6.45, 7) is 7.06. The van der Waals surface area contributed by atoms with E-state index >= 15 is 0 Å². The molecule has 0 radical (unpaired) electrons. The Morgan fingerprint density at radius 2 is 2.28 bits per heavy atom. The van der Waals surface area contributed by atoms with Crippen LogP contribution in [0.5, 0.6) is 0 Å². The Morgan fingerprint density at radius 1 is 1.56 bits per heavy atom. The lowest BCUT2D eigenvalue weighted by Crippen LogP contribution is -2.26. The minimum absolute atomic E-state index is 0.190. The lowest BCUT2D eigenvalue weighted by atomic mass is 10.2. The third kappa shape index (κ3) is 4.08. The standard InChI is InChI=1S/C13H18ClN3O/c1-4-5-6-7-15-11-8-16-17(9-10(2)3)13(18)12(11)14/h8,10,15H,6-7,9H2,1-3H3. The Hall–Kier alpha value is -1.47. The maximum atomic E-state index is 11.9. The van der Waals surface area contributed by atoms with Crippen molar-refractivity contribution in [2.75, 3.05) is 11.9 Å². The minimum atomic E-state index is -0.253. The third-order valence-electron chi connectivity index (χ3n) is 2.27. The Morgan fingerprint density at radius 3 is 2.89 bits per heavy atom. The first-order chi connectivity index (χ1) is 8.56. The highest BCUT2D eigenvalue weighted by molar-refractivity contribution is 6.32. The van der Waals surface area contributed by atoms with Crippen LogP contribution < -0.4 is 10.9 Å². The average Bonchev–Trinajstić information content (AvgIpc) is 2.32. The summed E-state index contributed by atoms with van der Waals surface area (Å²) in [6, 6.07) is 0. The monoisotopic (exact) mass is 267 g/mol. The fourth-order valence-corrected chi connectivity index (χ4v) is 1.66. The maximum absolute atomic E-state index is 11.9. The quantitative estimate of drug-likeness (QED) is 0.658. The molecule has 98 valence electrons. The van der Waals surface area contributed by atoms with Gasteiger partial charge in [-0.2, -0.15) is 5.10 Å². The zero-order valence-electron chi connectivity index (χ0n) is 11.0. The van der Waals surface area contributed by atoms with Crippen molar-refractivity contribution >= 4 is 17.3 Å². The highest BCUT2D eigenvalue weighted by atomic mass is 35.5. The van der Waals surface area contributed by atoms with Gasteiger partial charge in [0, 0.05) is 19.5 Å². The topological polar surface area (TPSA) is 46.9 Å². The van der Waals surface area contributed by atoms with Crippen LogP contribution in [0.15, 0.2) is 11.0 Å². The van der Waals surface area contributed by atoms with Crippen molar-refractivity contribution in [1.82, 2.24) is 9.78 Å². The van der Waals surface area contributed by atoms with Gasteiger partial charge in [-0.25, -0.2) is 4.68 Å². The fourth-order valence-electron chi connectivity index (χ4n) is 1.45. The van der Waals surface area contributed by atoms with Gasteiger partial charge in [-0.3, -0.25) is 4.79 Å². The molecule has 0 amide bonds. The number of nitrogens with one attached hydrogen (secondary N) is 1. The number of hydrogen-bond donors (Lipinski definition) is 1. The van der Waals surface area contributed by atoms with E-state index in [1.165, 1.54) is 4.68 Å². The Bertz CT molecular complexity index is 511. The van der Waals surface area contributed by atoms with Gasteiger partial charge in [-0.1, -0.05) is 25.4 Å². The fraction of sp³-hybridized carbons (Fsp3) is 0.538. The van der Waals surface area contributed by atoms with Crippen molar-refractivity contribution in [1.29, 1.82) is 0 Å². The van der Waals surface area contributed by atoms with Crippen LogP contribution in [0, 0.1) is 17.8 Å². The van der Waals surface area contributed by atoms with Gasteiger partial charge in [0.2, 0.25) is 0 Å². The molecule has 18 heavy (non-hydrogen) atoms. The first-order valence-electron chi connectivity index (χ1n) is 5.95. The summed E-state index contributed by atoms with van der Waals surface area (Å²) in [6.07, 6.45) is 2.30. The lowest BCUT2D eigenvalue weighted by Gasteiger charge is -2.10. The van der Waals surface area contributed by atoms with E-state index in [1.54, 1.807) is 13.1 Å². The molecular weight excluding hydrogens is 250 g/mol. The minimum Gasteiger partial charge on any atom is -0.381 e. The maximum Gasteiger partial charge on any atom is 0.287 e. The highest BCUT2D eigenvalue weighted by Crippen LogP contribution is 2.15. The Balaban J connectivity index is 2.79. The van der Waals surface area contributed by atoms with Crippen molar-refractivity contribution in [3.63, 3.8) is 0 Å². The molecule has 0 unspecified atom stereocenters. The number of nitrogens with zero attached hydrogens (tertiary/aromatic N) is 2. The van der Waals surface area contributed by atoms with Gasteiger partial charge in [0.15, 0.2) is 0 Å². The van der Waals surface area contributed by atoms with Crippen LogP contribution in [-0.4, -0.2) is 16.3 Å². The van der Waals surface area contributed by atoms with E-state index in [0.29, 0.717) is 31.1 Å². The van der Waals surface area contributed by atoms with Crippen LogP contribution >= 0.6 is 11.6 Å².